The summed E-state index contributed by atoms with van der Waals surface area (Å²) in [6.07, 6.45) is 8.12. The number of nitrogens with zero attached hydrogens (tertiary/aromatic N) is 1. The number of fused-ring (bicyclic) bond motifs is 2. The number of pyridine rings is 1. The Kier molecular flexibility index (Phi) is 3.58. The van der Waals surface area contributed by atoms with Crippen molar-refractivity contribution in [1.82, 2.24) is 15.2 Å². The molecule has 1 aliphatic carbocycles. The number of hydrogen-bond donors (Lipinski definition) is 3. The van der Waals surface area contributed by atoms with E-state index in [1.807, 2.05) is 12.2 Å². The summed E-state index contributed by atoms with van der Waals surface area (Å²) >= 11 is 0. The molecule has 0 radical (unpaired) electrons. The Balaban J connectivity index is 2.02. The quantitative estimate of drug-likeness (QED) is 0.648. The molecule has 9 heteroatoms. The van der Waals surface area contributed by atoms with Crippen molar-refractivity contribution in [2.24, 2.45) is 11.7 Å². The van der Waals surface area contributed by atoms with Crippen LogP contribution >= 0.6 is 0 Å². The van der Waals surface area contributed by atoms with Gasteiger partial charge < -0.3 is 20.9 Å². The van der Waals surface area contributed by atoms with Gasteiger partial charge in [-0.25, -0.2) is 8.42 Å². The SMILES string of the molecule is CS(=O)(=O)CN1CC(C(N)=O)C2NC=C3C=Cc4cc[nH]c(=O)c4C1=C32. The standard InChI is InChI=1S/C17H18N4O4S/c1-26(24,25)8-21-7-11(16(18)22)14-12-10(6-20-14)3-2-9-4-5-19-17(23)13(9)15(12)21/h2-6,11,14,20H,7-8H2,1H3,(H2,18,22)(H,19,23). The number of aromatic nitrogens is 1. The molecule has 0 saturated carbocycles. The Morgan fingerprint density at radius 2 is 2.15 bits per heavy atom. The first-order valence-electron chi connectivity index (χ1n) is 8.09. The minimum Gasteiger partial charge on any atom is -0.383 e. The van der Waals surface area contributed by atoms with Gasteiger partial charge in [-0.2, -0.15) is 0 Å². The fourth-order valence-electron chi connectivity index (χ4n) is 3.87. The number of rotatable bonds is 3. The van der Waals surface area contributed by atoms with Crippen LogP contribution in [0.4, 0.5) is 0 Å². The molecule has 26 heavy (non-hydrogen) atoms. The summed E-state index contributed by atoms with van der Waals surface area (Å²) in [5.41, 5.74) is 8.45. The molecule has 2 aliphatic heterocycles. The maximum Gasteiger partial charge on any atom is 0.257 e. The Labute approximate surface area is 150 Å². The number of sulfone groups is 1. The lowest BCUT2D eigenvalue weighted by Crippen LogP contribution is -2.51. The van der Waals surface area contributed by atoms with Crippen molar-refractivity contribution in [3.8, 4) is 0 Å². The first-order valence-corrected chi connectivity index (χ1v) is 10.2. The summed E-state index contributed by atoms with van der Waals surface area (Å²) in [6, 6.07) is 1.38. The van der Waals surface area contributed by atoms with Gasteiger partial charge in [-0.3, -0.25) is 9.59 Å². The van der Waals surface area contributed by atoms with Crippen LogP contribution in [0.5, 0.6) is 0 Å². The van der Waals surface area contributed by atoms with E-state index in [1.54, 1.807) is 23.4 Å². The highest BCUT2D eigenvalue weighted by molar-refractivity contribution is 7.90. The van der Waals surface area contributed by atoms with E-state index in [1.165, 1.54) is 0 Å². The third-order valence-electron chi connectivity index (χ3n) is 4.86. The molecule has 4 rings (SSSR count). The first-order chi connectivity index (χ1) is 12.3. The fraction of sp³-hybridized carbons (Fsp3) is 0.294. The molecule has 0 fully saturated rings. The lowest BCUT2D eigenvalue weighted by Gasteiger charge is -2.39. The monoisotopic (exact) mass is 374 g/mol. The van der Waals surface area contributed by atoms with E-state index in [4.69, 9.17) is 5.73 Å². The van der Waals surface area contributed by atoms with Crippen molar-refractivity contribution >= 4 is 27.5 Å². The Morgan fingerprint density at radius 1 is 1.38 bits per heavy atom. The zero-order valence-electron chi connectivity index (χ0n) is 14.0. The predicted molar refractivity (Wildman–Crippen MR) is 97.1 cm³/mol. The second-order valence-electron chi connectivity index (χ2n) is 6.76. The van der Waals surface area contributed by atoms with Gasteiger partial charge in [-0.15, -0.1) is 0 Å². The summed E-state index contributed by atoms with van der Waals surface area (Å²) in [6.45, 7) is 0.119. The topological polar surface area (TPSA) is 125 Å². The minimum atomic E-state index is -3.40. The molecule has 2 unspecified atom stereocenters. The maximum absolute atomic E-state index is 12.6. The molecular formula is C17H18N4O4S. The van der Waals surface area contributed by atoms with Crippen molar-refractivity contribution in [3.05, 3.63) is 57.2 Å². The highest BCUT2D eigenvalue weighted by atomic mass is 32.2. The first kappa shape index (κ1) is 16.6. The van der Waals surface area contributed by atoms with Gasteiger partial charge in [0.15, 0.2) is 9.84 Å². The molecule has 136 valence electrons. The van der Waals surface area contributed by atoms with Crippen molar-refractivity contribution in [1.29, 1.82) is 0 Å². The van der Waals surface area contributed by atoms with Crippen molar-refractivity contribution in [2.75, 3.05) is 18.7 Å². The van der Waals surface area contributed by atoms with Gasteiger partial charge in [-0.05, 0) is 17.2 Å². The maximum atomic E-state index is 12.6. The summed E-state index contributed by atoms with van der Waals surface area (Å²) in [5.74, 6) is -1.43. The lowest BCUT2D eigenvalue weighted by molar-refractivity contribution is -0.122. The summed E-state index contributed by atoms with van der Waals surface area (Å²) in [7, 11) is -3.40. The number of amides is 1. The molecule has 0 aromatic carbocycles. The van der Waals surface area contributed by atoms with E-state index in [2.05, 4.69) is 10.3 Å². The van der Waals surface area contributed by atoms with E-state index < -0.39 is 21.7 Å². The number of primary amides is 1. The molecule has 3 heterocycles. The number of aromatic amines is 1. The zero-order valence-corrected chi connectivity index (χ0v) is 14.8. The number of carbonyl (C=O) groups is 1. The minimum absolute atomic E-state index is 0.119. The van der Waals surface area contributed by atoms with Crippen LogP contribution in [0.3, 0.4) is 0 Å². The van der Waals surface area contributed by atoms with E-state index in [-0.39, 0.29) is 24.0 Å². The number of hydrogen-bond acceptors (Lipinski definition) is 6. The van der Waals surface area contributed by atoms with Crippen LogP contribution in [0.25, 0.3) is 11.8 Å². The molecule has 0 bridgehead atoms. The van der Waals surface area contributed by atoms with Gasteiger partial charge in [0, 0.05) is 30.8 Å². The third kappa shape index (κ3) is 2.55. The van der Waals surface area contributed by atoms with Crippen LogP contribution < -0.4 is 16.6 Å². The number of H-pyrrole nitrogens is 1. The Hall–Kier alpha value is -2.81. The molecule has 1 amide bonds. The summed E-state index contributed by atoms with van der Waals surface area (Å²) in [5, 5.41) is 3.16. The molecule has 0 saturated heterocycles. The number of allylic oxidation sites excluding steroid dienone is 1. The van der Waals surface area contributed by atoms with Crippen molar-refractivity contribution in [3.63, 3.8) is 0 Å². The highest BCUT2D eigenvalue weighted by Crippen LogP contribution is 2.42. The lowest BCUT2D eigenvalue weighted by atomic mass is 9.84. The largest absolute Gasteiger partial charge is 0.383 e. The molecule has 1 aromatic rings. The molecule has 4 N–H and O–H groups in total. The van der Waals surface area contributed by atoms with E-state index >= 15 is 0 Å². The highest BCUT2D eigenvalue weighted by Gasteiger charge is 2.44. The van der Waals surface area contributed by atoms with Crippen LogP contribution in [0.2, 0.25) is 0 Å². The summed E-state index contributed by atoms with van der Waals surface area (Å²) < 4.78 is 24.0. The second kappa shape index (κ2) is 5.60. The van der Waals surface area contributed by atoms with Crippen molar-refractivity contribution < 1.29 is 13.2 Å². The Bertz CT molecular complexity index is 1060. The molecular weight excluding hydrogens is 356 g/mol. The van der Waals surface area contributed by atoms with E-state index in [9.17, 15) is 18.0 Å². The second-order valence-corrected chi connectivity index (χ2v) is 8.87. The van der Waals surface area contributed by atoms with Gasteiger partial charge in [0.1, 0.15) is 5.88 Å². The molecule has 2 atom stereocenters. The van der Waals surface area contributed by atoms with Gasteiger partial charge in [0.05, 0.1) is 23.2 Å². The average Bonchev–Trinajstić information content (AvgIpc) is 2.87. The normalized spacial score (nSPS) is 23.7. The van der Waals surface area contributed by atoms with E-state index in [0.717, 1.165) is 17.4 Å². The van der Waals surface area contributed by atoms with Crippen LogP contribution in [-0.2, 0) is 14.6 Å². The van der Waals surface area contributed by atoms with Crippen LogP contribution in [-0.4, -0.2) is 48.9 Å². The van der Waals surface area contributed by atoms with Gasteiger partial charge in [0.2, 0.25) is 5.91 Å². The molecule has 0 spiro atoms. The number of nitrogens with one attached hydrogen (secondary N) is 2. The smallest absolute Gasteiger partial charge is 0.257 e. The molecule has 1 aromatic heterocycles. The number of nitrogens with two attached hydrogens (primary N) is 1. The van der Waals surface area contributed by atoms with Crippen LogP contribution in [0.15, 0.2) is 40.5 Å². The van der Waals surface area contributed by atoms with Gasteiger partial charge >= 0.3 is 0 Å². The Morgan fingerprint density at radius 3 is 2.85 bits per heavy atom. The van der Waals surface area contributed by atoms with E-state index in [0.29, 0.717) is 16.8 Å². The predicted octanol–water partition coefficient (Wildman–Crippen LogP) is -0.612. The van der Waals surface area contributed by atoms with Crippen molar-refractivity contribution in [2.45, 2.75) is 6.04 Å². The average molecular weight is 374 g/mol. The van der Waals surface area contributed by atoms with Crippen LogP contribution in [0.1, 0.15) is 11.1 Å². The number of carbonyl (C=O) groups excluding carboxylic acids is 1. The molecule has 8 nitrogen and oxygen atoms in total. The third-order valence-corrected chi connectivity index (χ3v) is 5.64. The van der Waals surface area contributed by atoms with Gasteiger partial charge in [-0.1, -0.05) is 12.2 Å². The van der Waals surface area contributed by atoms with Crippen LogP contribution in [0, 0.1) is 5.92 Å². The van der Waals surface area contributed by atoms with Gasteiger partial charge in [0.25, 0.3) is 5.56 Å². The fourth-order valence-corrected chi connectivity index (χ4v) is 4.67. The molecule has 3 aliphatic rings. The zero-order chi connectivity index (χ0) is 18.6. The summed E-state index contributed by atoms with van der Waals surface area (Å²) in [4.78, 5) is 28.8.